The summed E-state index contributed by atoms with van der Waals surface area (Å²) < 4.78 is 13.5. The van der Waals surface area contributed by atoms with Gasteiger partial charge in [0.2, 0.25) is 0 Å². The van der Waals surface area contributed by atoms with E-state index in [1.807, 2.05) is 12.3 Å². The van der Waals surface area contributed by atoms with Crippen LogP contribution in [0.5, 0.6) is 0 Å². The lowest BCUT2D eigenvalue weighted by Crippen LogP contribution is -2.08. The molecule has 0 radical (unpaired) electrons. The number of aromatic amines is 1. The highest BCUT2D eigenvalue weighted by molar-refractivity contribution is 7.98. The first-order valence-corrected chi connectivity index (χ1v) is 7.86. The van der Waals surface area contributed by atoms with Gasteiger partial charge in [-0.3, -0.25) is 4.79 Å². The van der Waals surface area contributed by atoms with Crippen molar-refractivity contribution in [2.75, 3.05) is 0 Å². The monoisotopic (exact) mass is 306 g/mol. The average Bonchev–Trinajstić information content (AvgIpc) is 2.80. The molecule has 0 unspecified atom stereocenters. The van der Waals surface area contributed by atoms with Crippen LogP contribution in [0.3, 0.4) is 0 Å². The fourth-order valence-electron chi connectivity index (χ4n) is 1.90. The molecule has 3 aromatic rings. The van der Waals surface area contributed by atoms with Crippen molar-refractivity contribution in [2.45, 2.75) is 17.8 Å². The Morgan fingerprint density at radius 2 is 2.20 bits per heavy atom. The van der Waals surface area contributed by atoms with Crippen LogP contribution < -0.4 is 5.56 Å². The standard InChI is InChI=1S/C14H11FN2OS2/c1-8-6-19-13-11(8)12(18)16-14(17-13)20-7-9-4-2-3-5-10(9)15/h2-6H,7H2,1H3,(H,16,17,18). The van der Waals surface area contributed by atoms with E-state index < -0.39 is 0 Å². The molecule has 1 aromatic carbocycles. The third-order valence-electron chi connectivity index (χ3n) is 2.93. The minimum Gasteiger partial charge on any atom is -0.301 e. The summed E-state index contributed by atoms with van der Waals surface area (Å²) in [5.74, 6) is 0.196. The van der Waals surface area contributed by atoms with E-state index in [0.717, 1.165) is 10.4 Å². The van der Waals surface area contributed by atoms with Crippen molar-refractivity contribution in [3.05, 3.63) is 56.9 Å². The minimum atomic E-state index is -0.240. The van der Waals surface area contributed by atoms with Crippen molar-refractivity contribution in [3.8, 4) is 0 Å². The molecule has 0 aliphatic heterocycles. The maximum Gasteiger partial charge on any atom is 0.260 e. The summed E-state index contributed by atoms with van der Waals surface area (Å²) in [4.78, 5) is 19.9. The van der Waals surface area contributed by atoms with Crippen molar-refractivity contribution >= 4 is 33.3 Å². The number of nitrogens with zero attached hydrogens (tertiary/aromatic N) is 1. The zero-order valence-corrected chi connectivity index (χ0v) is 12.3. The van der Waals surface area contributed by atoms with Crippen molar-refractivity contribution in [1.29, 1.82) is 0 Å². The van der Waals surface area contributed by atoms with Gasteiger partial charge in [-0.1, -0.05) is 30.0 Å². The molecular formula is C14H11FN2OS2. The molecule has 3 nitrogen and oxygen atoms in total. The Morgan fingerprint density at radius 3 is 3.00 bits per heavy atom. The number of H-pyrrole nitrogens is 1. The third-order valence-corrected chi connectivity index (χ3v) is 4.84. The Labute approximate surface area is 122 Å². The Morgan fingerprint density at radius 1 is 1.40 bits per heavy atom. The fourth-order valence-corrected chi connectivity index (χ4v) is 3.73. The van der Waals surface area contributed by atoms with Crippen LogP contribution in [0.15, 0.2) is 39.6 Å². The largest absolute Gasteiger partial charge is 0.301 e. The van der Waals surface area contributed by atoms with E-state index in [4.69, 9.17) is 0 Å². The van der Waals surface area contributed by atoms with E-state index in [-0.39, 0.29) is 11.4 Å². The Bertz CT molecular complexity index is 825. The molecule has 0 fully saturated rings. The van der Waals surface area contributed by atoms with Gasteiger partial charge in [0.1, 0.15) is 10.6 Å². The quantitative estimate of drug-likeness (QED) is 0.592. The zero-order valence-electron chi connectivity index (χ0n) is 10.6. The first-order valence-electron chi connectivity index (χ1n) is 5.99. The first kappa shape index (κ1) is 13.3. The predicted octanol–water partition coefficient (Wildman–Crippen LogP) is 3.72. The van der Waals surface area contributed by atoms with Gasteiger partial charge in [-0.2, -0.15) is 0 Å². The summed E-state index contributed by atoms with van der Waals surface area (Å²) in [5, 5.41) is 3.08. The molecule has 2 heterocycles. The van der Waals surface area contributed by atoms with Crippen LogP contribution in [0.2, 0.25) is 0 Å². The first-order chi connectivity index (χ1) is 9.65. The fraction of sp³-hybridized carbons (Fsp3) is 0.143. The molecule has 0 aliphatic rings. The molecule has 0 spiro atoms. The number of fused-ring (bicyclic) bond motifs is 1. The Hall–Kier alpha value is -1.66. The van der Waals surface area contributed by atoms with Crippen LogP contribution in [0.25, 0.3) is 10.2 Å². The normalized spacial score (nSPS) is 11.1. The number of rotatable bonds is 3. The highest BCUT2D eigenvalue weighted by Crippen LogP contribution is 2.24. The molecule has 0 atom stereocenters. The molecule has 0 aliphatic carbocycles. The summed E-state index contributed by atoms with van der Waals surface area (Å²) in [5.41, 5.74) is 1.40. The molecule has 0 amide bonds. The van der Waals surface area contributed by atoms with Gasteiger partial charge in [0.05, 0.1) is 5.39 Å². The van der Waals surface area contributed by atoms with Crippen LogP contribution in [0.1, 0.15) is 11.1 Å². The number of hydrogen-bond acceptors (Lipinski definition) is 4. The second-order valence-corrected chi connectivity index (χ2v) is 6.17. The van der Waals surface area contributed by atoms with Gasteiger partial charge in [-0.15, -0.1) is 11.3 Å². The molecule has 2 aromatic heterocycles. The molecule has 1 N–H and O–H groups in total. The topological polar surface area (TPSA) is 45.8 Å². The van der Waals surface area contributed by atoms with Gasteiger partial charge in [-0.25, -0.2) is 9.37 Å². The molecule has 0 saturated carbocycles. The van der Waals surface area contributed by atoms with E-state index in [0.29, 0.717) is 21.9 Å². The molecule has 102 valence electrons. The second-order valence-electron chi connectivity index (χ2n) is 4.35. The van der Waals surface area contributed by atoms with Crippen LogP contribution in [-0.4, -0.2) is 9.97 Å². The number of nitrogens with one attached hydrogen (secondary N) is 1. The number of aryl methyl sites for hydroxylation is 1. The lowest BCUT2D eigenvalue weighted by atomic mass is 10.2. The van der Waals surface area contributed by atoms with E-state index in [1.54, 1.807) is 18.2 Å². The average molecular weight is 306 g/mol. The summed E-state index contributed by atoms with van der Waals surface area (Å²) in [6.07, 6.45) is 0. The lowest BCUT2D eigenvalue weighted by molar-refractivity contribution is 0.617. The number of thiophene rings is 1. The third kappa shape index (κ3) is 2.48. The van der Waals surface area contributed by atoms with Gasteiger partial charge < -0.3 is 4.98 Å². The van der Waals surface area contributed by atoms with Gasteiger partial charge in [0.25, 0.3) is 5.56 Å². The molecular weight excluding hydrogens is 295 g/mol. The lowest BCUT2D eigenvalue weighted by Gasteiger charge is -2.02. The van der Waals surface area contributed by atoms with Crippen LogP contribution >= 0.6 is 23.1 Å². The maximum atomic E-state index is 13.5. The van der Waals surface area contributed by atoms with Crippen LogP contribution in [0, 0.1) is 12.7 Å². The predicted molar refractivity (Wildman–Crippen MR) is 80.9 cm³/mol. The molecule has 6 heteroatoms. The molecule has 20 heavy (non-hydrogen) atoms. The molecule has 0 bridgehead atoms. The van der Waals surface area contributed by atoms with Gasteiger partial charge >= 0.3 is 0 Å². The zero-order chi connectivity index (χ0) is 14.1. The van der Waals surface area contributed by atoms with E-state index in [1.165, 1.54) is 29.2 Å². The summed E-state index contributed by atoms with van der Waals surface area (Å²) >= 11 is 2.77. The summed E-state index contributed by atoms with van der Waals surface area (Å²) in [7, 11) is 0. The summed E-state index contributed by atoms with van der Waals surface area (Å²) in [6.45, 7) is 1.89. The minimum absolute atomic E-state index is 0.134. The van der Waals surface area contributed by atoms with Crippen LogP contribution in [-0.2, 0) is 5.75 Å². The highest BCUT2D eigenvalue weighted by atomic mass is 32.2. The van der Waals surface area contributed by atoms with E-state index in [9.17, 15) is 9.18 Å². The Balaban J connectivity index is 1.89. The van der Waals surface area contributed by atoms with Gasteiger partial charge in [0, 0.05) is 5.75 Å². The number of thioether (sulfide) groups is 1. The second kappa shape index (κ2) is 5.38. The number of aromatic nitrogens is 2. The molecule has 3 rings (SSSR count). The highest BCUT2D eigenvalue weighted by Gasteiger charge is 2.09. The van der Waals surface area contributed by atoms with Crippen molar-refractivity contribution in [3.63, 3.8) is 0 Å². The number of benzene rings is 1. The maximum absolute atomic E-state index is 13.5. The summed E-state index contributed by atoms with van der Waals surface area (Å²) in [6, 6.07) is 6.61. The van der Waals surface area contributed by atoms with E-state index >= 15 is 0 Å². The van der Waals surface area contributed by atoms with Crippen molar-refractivity contribution < 1.29 is 4.39 Å². The number of halogens is 1. The van der Waals surface area contributed by atoms with E-state index in [2.05, 4.69) is 9.97 Å². The number of hydrogen-bond donors (Lipinski definition) is 1. The van der Waals surface area contributed by atoms with Gasteiger partial charge in [-0.05, 0) is 29.5 Å². The Kier molecular flexibility index (Phi) is 3.58. The molecule has 0 saturated heterocycles. The van der Waals surface area contributed by atoms with Gasteiger partial charge in [0.15, 0.2) is 5.16 Å². The van der Waals surface area contributed by atoms with Crippen LogP contribution in [0.4, 0.5) is 4.39 Å². The van der Waals surface area contributed by atoms with Crippen molar-refractivity contribution in [2.24, 2.45) is 0 Å². The smallest absolute Gasteiger partial charge is 0.260 e. The van der Waals surface area contributed by atoms with Crippen molar-refractivity contribution in [1.82, 2.24) is 9.97 Å². The SMILES string of the molecule is Cc1csc2nc(SCc3ccccc3F)[nH]c(=O)c12.